The second-order valence-corrected chi connectivity index (χ2v) is 3.45. The Kier molecular flexibility index (Phi) is 6.11. The number of halogens is 3. The van der Waals surface area contributed by atoms with Crippen molar-refractivity contribution in [3.63, 3.8) is 0 Å². The molecule has 0 amide bonds. The van der Waals surface area contributed by atoms with E-state index in [4.69, 9.17) is 0 Å². The van der Waals surface area contributed by atoms with E-state index >= 15 is 0 Å². The normalized spacial score (nSPS) is 16.7. The highest BCUT2D eigenvalue weighted by Crippen LogP contribution is 2.15. The molecule has 0 aliphatic heterocycles. The molecule has 0 aromatic rings. The van der Waals surface area contributed by atoms with Crippen molar-refractivity contribution >= 4 is 0 Å². The van der Waals surface area contributed by atoms with Gasteiger partial charge < -0.3 is 10.1 Å². The number of alkyl halides is 3. The smallest absolute Gasteiger partial charge is 0.368 e. The molecule has 2 atom stereocenters. The average Bonchev–Trinajstić information content (AvgIpc) is 2.09. The average molecular weight is 213 g/mol. The third kappa shape index (κ3) is 8.31. The highest BCUT2D eigenvalue weighted by atomic mass is 19.4. The molecule has 2 nitrogen and oxygen atoms in total. The first-order chi connectivity index (χ1) is 6.35. The summed E-state index contributed by atoms with van der Waals surface area (Å²) in [4.78, 5) is 0. The Morgan fingerprint density at radius 2 is 1.86 bits per heavy atom. The van der Waals surface area contributed by atoms with Gasteiger partial charge in [-0.1, -0.05) is 6.92 Å². The molecule has 0 fully saturated rings. The fourth-order valence-electron chi connectivity index (χ4n) is 0.807. The van der Waals surface area contributed by atoms with Gasteiger partial charge in [0.05, 0.1) is 6.10 Å². The van der Waals surface area contributed by atoms with Crippen molar-refractivity contribution in [2.24, 2.45) is 0 Å². The number of nitrogens with one attached hydrogen (secondary N) is 1. The van der Waals surface area contributed by atoms with Crippen molar-refractivity contribution in [2.45, 2.75) is 45.5 Å². The lowest BCUT2D eigenvalue weighted by Gasteiger charge is -2.17. The molecule has 0 aromatic heterocycles. The molecule has 2 unspecified atom stereocenters. The van der Waals surface area contributed by atoms with Gasteiger partial charge in [-0.3, -0.25) is 0 Å². The molecule has 0 bridgehead atoms. The molecule has 5 heteroatoms. The number of hydrogen-bond acceptors (Lipinski definition) is 2. The molecule has 0 saturated heterocycles. The lowest BCUT2D eigenvalue weighted by atomic mass is 10.2. The van der Waals surface area contributed by atoms with Crippen molar-refractivity contribution in [1.29, 1.82) is 0 Å². The topological polar surface area (TPSA) is 21.3 Å². The van der Waals surface area contributed by atoms with Crippen LogP contribution in [0.4, 0.5) is 13.2 Å². The van der Waals surface area contributed by atoms with Crippen molar-refractivity contribution in [3.8, 4) is 0 Å². The summed E-state index contributed by atoms with van der Waals surface area (Å²) in [5, 5.41) is 3.08. The molecule has 1 N–H and O–H groups in total. The summed E-state index contributed by atoms with van der Waals surface area (Å²) in [5.74, 6) is 0. The summed E-state index contributed by atoms with van der Waals surface area (Å²) in [6.45, 7) is 4.90. The summed E-state index contributed by atoms with van der Waals surface area (Å²) in [6.07, 6.45) is -3.69. The Hall–Kier alpha value is -0.290. The number of rotatable bonds is 6. The third-order valence-corrected chi connectivity index (χ3v) is 1.90. The van der Waals surface area contributed by atoms with Crippen molar-refractivity contribution in [1.82, 2.24) is 5.32 Å². The zero-order chi connectivity index (χ0) is 11.2. The first-order valence-electron chi connectivity index (χ1n) is 4.77. The van der Waals surface area contributed by atoms with Gasteiger partial charge in [0.2, 0.25) is 0 Å². The molecule has 0 radical (unpaired) electrons. The summed E-state index contributed by atoms with van der Waals surface area (Å²) in [6, 6.07) is 0.312. The Bertz CT molecular complexity index is 149. The van der Waals surface area contributed by atoms with Crippen LogP contribution in [-0.2, 0) is 4.74 Å². The van der Waals surface area contributed by atoms with Crippen LogP contribution in [0.5, 0.6) is 0 Å². The molecular formula is C9H18F3NO. The zero-order valence-electron chi connectivity index (χ0n) is 8.82. The van der Waals surface area contributed by atoms with E-state index < -0.39 is 18.9 Å². The van der Waals surface area contributed by atoms with Crippen LogP contribution in [0.3, 0.4) is 0 Å². The maximum absolute atomic E-state index is 11.7. The van der Waals surface area contributed by atoms with E-state index in [0.29, 0.717) is 12.6 Å². The summed E-state index contributed by atoms with van der Waals surface area (Å²) in [5.41, 5.74) is 0. The summed E-state index contributed by atoms with van der Waals surface area (Å²) in [7, 11) is 0. The minimum absolute atomic E-state index is 0.312. The van der Waals surface area contributed by atoms with Gasteiger partial charge >= 0.3 is 6.18 Å². The highest BCUT2D eigenvalue weighted by Gasteiger charge is 2.28. The zero-order valence-corrected chi connectivity index (χ0v) is 8.82. The van der Waals surface area contributed by atoms with Crippen LogP contribution in [-0.4, -0.2) is 31.5 Å². The van der Waals surface area contributed by atoms with Crippen molar-refractivity contribution in [2.75, 3.05) is 13.2 Å². The Balaban J connectivity index is 3.51. The van der Waals surface area contributed by atoms with E-state index in [1.165, 1.54) is 0 Å². The SMILES string of the molecule is CCC(C)NCC(C)OCC(F)(F)F. The molecule has 0 rings (SSSR count). The first-order valence-corrected chi connectivity index (χ1v) is 4.77. The van der Waals surface area contributed by atoms with Gasteiger partial charge in [0.25, 0.3) is 0 Å². The van der Waals surface area contributed by atoms with Crippen LogP contribution in [0.25, 0.3) is 0 Å². The fourth-order valence-corrected chi connectivity index (χ4v) is 0.807. The predicted molar refractivity (Wildman–Crippen MR) is 49.2 cm³/mol. The molecule has 0 aromatic carbocycles. The molecular weight excluding hydrogens is 195 g/mol. The third-order valence-electron chi connectivity index (χ3n) is 1.90. The highest BCUT2D eigenvalue weighted by molar-refractivity contribution is 4.62. The van der Waals surface area contributed by atoms with Gasteiger partial charge in [0.15, 0.2) is 0 Å². The maximum Gasteiger partial charge on any atom is 0.411 e. The van der Waals surface area contributed by atoms with E-state index in [1.54, 1.807) is 6.92 Å². The Morgan fingerprint density at radius 1 is 1.29 bits per heavy atom. The summed E-state index contributed by atoms with van der Waals surface area (Å²) < 4.78 is 39.8. The molecule has 0 spiro atoms. The Labute approximate surface area is 82.8 Å². The van der Waals surface area contributed by atoms with E-state index in [9.17, 15) is 13.2 Å². The summed E-state index contributed by atoms with van der Waals surface area (Å²) >= 11 is 0. The van der Waals surface area contributed by atoms with Gasteiger partial charge in [-0.15, -0.1) is 0 Å². The number of hydrogen-bond donors (Lipinski definition) is 1. The van der Waals surface area contributed by atoms with E-state index in [-0.39, 0.29) is 0 Å². The molecule has 0 saturated carbocycles. The maximum atomic E-state index is 11.7. The van der Waals surface area contributed by atoms with Gasteiger partial charge in [0, 0.05) is 12.6 Å². The molecule has 0 aliphatic carbocycles. The van der Waals surface area contributed by atoms with Crippen LogP contribution in [0.1, 0.15) is 27.2 Å². The van der Waals surface area contributed by atoms with Crippen LogP contribution in [0.2, 0.25) is 0 Å². The van der Waals surface area contributed by atoms with E-state index in [0.717, 1.165) is 6.42 Å². The number of ether oxygens (including phenoxy) is 1. The standard InChI is InChI=1S/C9H18F3NO/c1-4-7(2)13-5-8(3)14-6-9(10,11)12/h7-8,13H,4-6H2,1-3H3. The van der Waals surface area contributed by atoms with E-state index in [2.05, 4.69) is 10.1 Å². The minimum Gasteiger partial charge on any atom is -0.368 e. The first kappa shape index (κ1) is 13.7. The van der Waals surface area contributed by atoms with E-state index in [1.807, 2.05) is 13.8 Å². The molecule has 14 heavy (non-hydrogen) atoms. The molecule has 86 valence electrons. The van der Waals surface area contributed by atoms with Crippen LogP contribution in [0.15, 0.2) is 0 Å². The second-order valence-electron chi connectivity index (χ2n) is 3.45. The predicted octanol–water partition coefficient (Wildman–Crippen LogP) is 2.34. The molecule has 0 aliphatic rings. The van der Waals surface area contributed by atoms with Gasteiger partial charge in [-0.2, -0.15) is 13.2 Å². The second kappa shape index (κ2) is 6.24. The van der Waals surface area contributed by atoms with Crippen LogP contribution >= 0.6 is 0 Å². The minimum atomic E-state index is -4.23. The van der Waals surface area contributed by atoms with Crippen LogP contribution in [0, 0.1) is 0 Å². The Morgan fingerprint density at radius 3 is 2.29 bits per heavy atom. The lowest BCUT2D eigenvalue weighted by Crippen LogP contribution is -2.34. The largest absolute Gasteiger partial charge is 0.411 e. The van der Waals surface area contributed by atoms with Crippen molar-refractivity contribution in [3.05, 3.63) is 0 Å². The quantitative estimate of drug-likeness (QED) is 0.731. The lowest BCUT2D eigenvalue weighted by molar-refractivity contribution is -0.183. The van der Waals surface area contributed by atoms with Gasteiger partial charge in [-0.25, -0.2) is 0 Å². The van der Waals surface area contributed by atoms with Crippen molar-refractivity contribution < 1.29 is 17.9 Å². The fraction of sp³-hybridized carbons (Fsp3) is 1.00. The van der Waals surface area contributed by atoms with Crippen LogP contribution < -0.4 is 5.32 Å². The monoisotopic (exact) mass is 213 g/mol. The van der Waals surface area contributed by atoms with Gasteiger partial charge in [-0.05, 0) is 20.3 Å². The molecule has 0 heterocycles. The van der Waals surface area contributed by atoms with Gasteiger partial charge in [0.1, 0.15) is 6.61 Å².